The summed E-state index contributed by atoms with van der Waals surface area (Å²) in [5.74, 6) is 0.478. The smallest absolute Gasteiger partial charge is 0.271 e. The minimum absolute atomic E-state index is 0.224. The van der Waals surface area contributed by atoms with Crippen LogP contribution in [-0.4, -0.2) is 22.4 Å². The van der Waals surface area contributed by atoms with Gasteiger partial charge in [-0.1, -0.05) is 37.3 Å². The van der Waals surface area contributed by atoms with E-state index < -0.39 is 0 Å². The van der Waals surface area contributed by atoms with Gasteiger partial charge in [-0.3, -0.25) is 4.79 Å². The number of nitrogens with one attached hydrogen (secondary N) is 1. The third kappa shape index (κ3) is 3.78. The standard InChI is InChI=1S/C15H18N4O/c1-11(12-5-3-2-4-6-12)7-8-17-15(20)13-9-19-14(16)10-18-13/h2-6,9-11H,7-8H2,1H3,(H2,16,19)(H,17,20). The average Bonchev–Trinajstić information content (AvgIpc) is 2.48. The van der Waals surface area contributed by atoms with Crippen LogP contribution in [0.2, 0.25) is 0 Å². The van der Waals surface area contributed by atoms with Crippen LogP contribution in [0.4, 0.5) is 5.82 Å². The van der Waals surface area contributed by atoms with Crippen molar-refractivity contribution in [3.8, 4) is 0 Å². The van der Waals surface area contributed by atoms with E-state index in [1.165, 1.54) is 18.0 Å². The molecule has 1 amide bonds. The Morgan fingerprint density at radius 2 is 2.00 bits per heavy atom. The molecule has 1 atom stereocenters. The van der Waals surface area contributed by atoms with Crippen molar-refractivity contribution in [3.05, 3.63) is 54.0 Å². The number of benzene rings is 1. The van der Waals surface area contributed by atoms with Crippen molar-refractivity contribution >= 4 is 11.7 Å². The third-order valence-electron chi connectivity index (χ3n) is 3.14. The van der Waals surface area contributed by atoms with Crippen molar-refractivity contribution in [3.63, 3.8) is 0 Å². The Hall–Kier alpha value is -2.43. The monoisotopic (exact) mass is 270 g/mol. The first kappa shape index (κ1) is 14.0. The van der Waals surface area contributed by atoms with Crippen LogP contribution < -0.4 is 11.1 Å². The van der Waals surface area contributed by atoms with Crippen molar-refractivity contribution < 1.29 is 4.79 Å². The first-order valence-electron chi connectivity index (χ1n) is 6.57. The minimum Gasteiger partial charge on any atom is -0.382 e. The number of nitrogens with zero attached hydrogens (tertiary/aromatic N) is 2. The number of hydrogen-bond donors (Lipinski definition) is 2. The number of amides is 1. The molecule has 1 aromatic heterocycles. The molecule has 0 spiro atoms. The summed E-state index contributed by atoms with van der Waals surface area (Å²) in [5, 5.41) is 2.84. The fraction of sp³-hybridized carbons (Fsp3) is 0.267. The van der Waals surface area contributed by atoms with Crippen molar-refractivity contribution in [2.45, 2.75) is 19.3 Å². The molecule has 0 saturated carbocycles. The number of carbonyl (C=O) groups excluding carboxylic acids is 1. The fourth-order valence-electron chi connectivity index (χ4n) is 1.90. The second-order valence-electron chi connectivity index (χ2n) is 4.68. The normalized spacial score (nSPS) is 11.8. The molecule has 0 aliphatic carbocycles. The Morgan fingerprint density at radius 3 is 2.65 bits per heavy atom. The van der Waals surface area contributed by atoms with Crippen LogP contribution >= 0.6 is 0 Å². The van der Waals surface area contributed by atoms with Gasteiger partial charge in [-0.05, 0) is 17.9 Å². The van der Waals surface area contributed by atoms with Gasteiger partial charge < -0.3 is 11.1 Å². The topological polar surface area (TPSA) is 80.9 Å². The van der Waals surface area contributed by atoms with E-state index in [1.54, 1.807) is 0 Å². The lowest BCUT2D eigenvalue weighted by atomic mass is 9.98. The van der Waals surface area contributed by atoms with E-state index in [0.29, 0.717) is 18.3 Å². The van der Waals surface area contributed by atoms with Gasteiger partial charge in [-0.2, -0.15) is 0 Å². The first-order chi connectivity index (χ1) is 9.66. The van der Waals surface area contributed by atoms with E-state index in [4.69, 9.17) is 5.73 Å². The Kier molecular flexibility index (Phi) is 4.65. The molecule has 1 aromatic carbocycles. The molecule has 1 unspecified atom stereocenters. The Labute approximate surface area is 118 Å². The van der Waals surface area contributed by atoms with Gasteiger partial charge in [0, 0.05) is 6.54 Å². The molecule has 2 aromatic rings. The van der Waals surface area contributed by atoms with Crippen LogP contribution in [0.15, 0.2) is 42.7 Å². The SMILES string of the molecule is CC(CCNC(=O)c1cnc(N)cn1)c1ccccc1. The summed E-state index contributed by atoms with van der Waals surface area (Å²) in [6, 6.07) is 10.2. The Morgan fingerprint density at radius 1 is 1.25 bits per heavy atom. The molecular formula is C15H18N4O. The zero-order valence-electron chi connectivity index (χ0n) is 11.4. The molecule has 2 rings (SSSR count). The van der Waals surface area contributed by atoms with Gasteiger partial charge in [-0.15, -0.1) is 0 Å². The van der Waals surface area contributed by atoms with Gasteiger partial charge in [0.1, 0.15) is 11.5 Å². The highest BCUT2D eigenvalue weighted by Gasteiger charge is 2.09. The maximum absolute atomic E-state index is 11.8. The fourth-order valence-corrected chi connectivity index (χ4v) is 1.90. The lowest BCUT2D eigenvalue weighted by Gasteiger charge is -2.12. The average molecular weight is 270 g/mol. The minimum atomic E-state index is -0.224. The van der Waals surface area contributed by atoms with Gasteiger partial charge in [0.25, 0.3) is 5.91 Å². The highest BCUT2D eigenvalue weighted by atomic mass is 16.1. The summed E-state index contributed by atoms with van der Waals surface area (Å²) in [6.45, 7) is 2.74. The van der Waals surface area contributed by atoms with E-state index >= 15 is 0 Å². The largest absolute Gasteiger partial charge is 0.382 e. The zero-order chi connectivity index (χ0) is 14.4. The molecule has 0 fully saturated rings. The summed E-state index contributed by atoms with van der Waals surface area (Å²) in [6.07, 6.45) is 3.63. The number of hydrogen-bond acceptors (Lipinski definition) is 4. The molecule has 0 aliphatic heterocycles. The van der Waals surface area contributed by atoms with Gasteiger partial charge in [0.2, 0.25) is 0 Å². The van der Waals surface area contributed by atoms with Crippen LogP contribution in [0.1, 0.15) is 35.3 Å². The second kappa shape index (κ2) is 6.65. The van der Waals surface area contributed by atoms with Gasteiger partial charge in [0.15, 0.2) is 0 Å². The predicted octanol–water partition coefficient (Wildman–Crippen LogP) is 1.98. The zero-order valence-corrected chi connectivity index (χ0v) is 11.4. The number of nitrogens with two attached hydrogens (primary N) is 1. The quantitative estimate of drug-likeness (QED) is 0.870. The Balaban J connectivity index is 1.81. The molecule has 0 aliphatic rings. The van der Waals surface area contributed by atoms with Crippen molar-refractivity contribution in [2.75, 3.05) is 12.3 Å². The number of rotatable bonds is 5. The highest BCUT2D eigenvalue weighted by molar-refractivity contribution is 5.91. The molecule has 5 nitrogen and oxygen atoms in total. The van der Waals surface area contributed by atoms with Gasteiger partial charge >= 0.3 is 0 Å². The molecule has 0 bridgehead atoms. The van der Waals surface area contributed by atoms with Gasteiger partial charge in [0.05, 0.1) is 12.4 Å². The van der Waals surface area contributed by atoms with Crippen LogP contribution in [-0.2, 0) is 0 Å². The molecular weight excluding hydrogens is 252 g/mol. The second-order valence-corrected chi connectivity index (χ2v) is 4.68. The number of carbonyl (C=O) groups is 1. The number of aromatic nitrogens is 2. The summed E-state index contributed by atoms with van der Waals surface area (Å²) in [5.41, 5.74) is 6.98. The lowest BCUT2D eigenvalue weighted by molar-refractivity contribution is 0.0947. The molecule has 3 N–H and O–H groups in total. The Bertz CT molecular complexity index is 554. The molecule has 0 radical (unpaired) electrons. The van der Waals surface area contributed by atoms with E-state index in [0.717, 1.165) is 6.42 Å². The van der Waals surface area contributed by atoms with E-state index in [9.17, 15) is 4.79 Å². The summed E-state index contributed by atoms with van der Waals surface area (Å²) in [4.78, 5) is 19.6. The van der Waals surface area contributed by atoms with E-state index in [2.05, 4.69) is 34.3 Å². The van der Waals surface area contributed by atoms with Crippen LogP contribution in [0.3, 0.4) is 0 Å². The number of anilines is 1. The van der Waals surface area contributed by atoms with Crippen molar-refractivity contribution in [1.82, 2.24) is 15.3 Å². The van der Waals surface area contributed by atoms with Gasteiger partial charge in [-0.25, -0.2) is 9.97 Å². The van der Waals surface area contributed by atoms with Crippen LogP contribution in [0, 0.1) is 0 Å². The van der Waals surface area contributed by atoms with Crippen molar-refractivity contribution in [1.29, 1.82) is 0 Å². The molecule has 1 heterocycles. The predicted molar refractivity (Wildman–Crippen MR) is 78.3 cm³/mol. The molecule has 0 saturated heterocycles. The third-order valence-corrected chi connectivity index (χ3v) is 3.14. The van der Waals surface area contributed by atoms with E-state index in [1.807, 2.05) is 18.2 Å². The lowest BCUT2D eigenvalue weighted by Crippen LogP contribution is -2.26. The molecule has 104 valence electrons. The molecule has 5 heteroatoms. The van der Waals surface area contributed by atoms with Crippen molar-refractivity contribution in [2.24, 2.45) is 0 Å². The summed E-state index contributed by atoms with van der Waals surface area (Å²) in [7, 11) is 0. The van der Waals surface area contributed by atoms with E-state index in [-0.39, 0.29) is 11.6 Å². The maximum Gasteiger partial charge on any atom is 0.271 e. The summed E-state index contributed by atoms with van der Waals surface area (Å²) >= 11 is 0. The first-order valence-corrected chi connectivity index (χ1v) is 6.57. The highest BCUT2D eigenvalue weighted by Crippen LogP contribution is 2.17. The number of nitrogen functional groups attached to an aromatic ring is 1. The van der Waals surface area contributed by atoms with Crippen LogP contribution in [0.25, 0.3) is 0 Å². The van der Waals surface area contributed by atoms with Crippen LogP contribution in [0.5, 0.6) is 0 Å². The maximum atomic E-state index is 11.8. The summed E-state index contributed by atoms with van der Waals surface area (Å²) < 4.78 is 0. The molecule has 20 heavy (non-hydrogen) atoms.